The van der Waals surface area contributed by atoms with E-state index < -0.39 is 0 Å². The Bertz CT molecular complexity index is 5440. The number of nitrogens with zero attached hydrogens (tertiary/aromatic N) is 5. The van der Waals surface area contributed by atoms with Gasteiger partial charge in [-0.3, -0.25) is 59.1 Å². The van der Waals surface area contributed by atoms with Gasteiger partial charge in [-0.25, -0.2) is 0 Å². The molecule has 0 aliphatic heterocycles. The molecule has 0 saturated carbocycles. The van der Waals surface area contributed by atoms with Crippen LogP contribution in [0.2, 0.25) is 0 Å². The number of fused-ring (bicyclic) bond motifs is 5. The van der Waals surface area contributed by atoms with Gasteiger partial charge in [0.15, 0.2) is 28.9 Å². The SMILES string of the molecule is CC.CC.CC.CC.CC.CC(=O)c1ccccc1.CC(=O)c1ccccc1.Cc1ccc2[nH]ncc2c1.O=C(/C=C/c1ccc2[nH]ncc2c1)c1ccccc1.O=C(CC(=O)c1ccc2[nH]ncc2c1)c1ccccc1.O=Cc1ccc2[nH]ncc2c1.O=c1cc(-c2ccc3[nH]ncc3c2)cc(-c2ccccc2)[nH]1. The van der Waals surface area contributed by atoms with Gasteiger partial charge in [-0.05, 0) is 128 Å². The first-order valence-corrected chi connectivity index (χ1v) is 36.6. The monoisotopic (exact) mass is 1470 g/mol. The van der Waals surface area contributed by atoms with Crippen molar-refractivity contribution in [2.24, 2.45) is 0 Å². The van der Waals surface area contributed by atoms with Crippen molar-refractivity contribution >= 4 is 95.8 Å². The van der Waals surface area contributed by atoms with Crippen LogP contribution in [0.1, 0.15) is 163 Å². The summed E-state index contributed by atoms with van der Waals surface area (Å²) in [5, 5.41) is 39.1. The van der Waals surface area contributed by atoms with Gasteiger partial charge >= 0.3 is 0 Å². The van der Waals surface area contributed by atoms with E-state index in [1.165, 1.54) is 10.9 Å². The summed E-state index contributed by atoms with van der Waals surface area (Å²) in [5.74, 6) is -0.0936. The average Bonchev–Trinajstić information content (AvgIpc) is 1.37. The van der Waals surface area contributed by atoms with E-state index >= 15 is 0 Å². The lowest BCUT2D eigenvalue weighted by Gasteiger charge is -2.06. The van der Waals surface area contributed by atoms with Gasteiger partial charge in [0.1, 0.15) is 6.29 Å². The summed E-state index contributed by atoms with van der Waals surface area (Å²) < 4.78 is 0. The first-order valence-electron chi connectivity index (χ1n) is 36.6. The summed E-state index contributed by atoms with van der Waals surface area (Å²) in [4.78, 5) is 82.6. The molecular formula is C92H97N11O7. The maximum absolute atomic E-state index is 12.1. The molecule has 16 rings (SSSR count). The normalized spacial score (nSPS) is 9.75. The third kappa shape index (κ3) is 27.6. The Morgan fingerprint density at radius 3 is 1.15 bits per heavy atom. The van der Waals surface area contributed by atoms with E-state index in [9.17, 15) is 33.6 Å². The van der Waals surface area contributed by atoms with Gasteiger partial charge in [-0.1, -0.05) is 251 Å². The van der Waals surface area contributed by atoms with Crippen molar-refractivity contribution in [3.05, 3.63) is 347 Å². The number of aryl methyl sites for hydroxylation is 1. The first kappa shape index (κ1) is 86.9. The molecule has 0 radical (unpaired) electrons. The number of allylic oxidation sites excluding steroid dienone is 1. The summed E-state index contributed by atoms with van der Waals surface area (Å²) in [6.07, 6.45) is 12.9. The Balaban J connectivity index is 0.000000231. The number of nitrogens with one attached hydrogen (secondary N) is 6. The molecule has 6 aromatic heterocycles. The minimum absolute atomic E-state index is 0.00731. The molecule has 16 aromatic rings. The molecule has 18 nitrogen and oxygen atoms in total. The van der Waals surface area contributed by atoms with Crippen LogP contribution in [0.4, 0.5) is 0 Å². The van der Waals surface area contributed by atoms with Crippen molar-refractivity contribution in [2.75, 3.05) is 0 Å². The third-order valence-electron chi connectivity index (χ3n) is 15.4. The molecule has 0 spiro atoms. The molecular weight excluding hydrogens is 1370 g/mol. The van der Waals surface area contributed by atoms with Crippen LogP contribution in [0, 0.1) is 6.92 Å². The largest absolute Gasteiger partial charge is 0.322 e. The van der Waals surface area contributed by atoms with E-state index in [1.807, 2.05) is 264 Å². The van der Waals surface area contributed by atoms with Gasteiger partial charge < -0.3 is 4.98 Å². The smallest absolute Gasteiger partial charge is 0.249 e. The second-order valence-electron chi connectivity index (χ2n) is 22.7. The highest BCUT2D eigenvalue weighted by molar-refractivity contribution is 6.14. The molecule has 0 saturated heterocycles. The molecule has 18 heteroatoms. The van der Waals surface area contributed by atoms with Gasteiger partial charge in [0, 0.05) is 72.1 Å². The second kappa shape index (κ2) is 48.4. The zero-order valence-corrected chi connectivity index (χ0v) is 64.7. The number of hydrogen-bond acceptors (Lipinski definition) is 12. The van der Waals surface area contributed by atoms with E-state index in [2.05, 4.69) is 75.0 Å². The number of hydrogen-bond donors (Lipinski definition) is 6. The first-order chi connectivity index (χ1) is 53.7. The van der Waals surface area contributed by atoms with E-state index in [0.717, 1.165) is 94.5 Å². The number of pyridine rings is 1. The van der Waals surface area contributed by atoms with E-state index in [4.69, 9.17) is 0 Å². The maximum atomic E-state index is 12.1. The molecule has 562 valence electrons. The van der Waals surface area contributed by atoms with Gasteiger partial charge in [0.05, 0.1) is 65.0 Å². The van der Waals surface area contributed by atoms with Gasteiger partial charge in [0.2, 0.25) is 5.56 Å². The second-order valence-corrected chi connectivity index (χ2v) is 22.7. The number of aldehydes is 1. The van der Waals surface area contributed by atoms with Crippen molar-refractivity contribution in [3.8, 4) is 22.4 Å². The number of aromatic amines is 6. The van der Waals surface area contributed by atoms with Crippen LogP contribution in [-0.4, -0.2) is 91.2 Å². The molecule has 0 fully saturated rings. The highest BCUT2D eigenvalue weighted by Crippen LogP contribution is 2.26. The Kier molecular flexibility index (Phi) is 38.2. The molecule has 6 heterocycles. The lowest BCUT2D eigenvalue weighted by atomic mass is 10.0. The lowest BCUT2D eigenvalue weighted by molar-refractivity contribution is 0.0891. The van der Waals surface area contributed by atoms with Crippen LogP contribution >= 0.6 is 0 Å². The van der Waals surface area contributed by atoms with E-state index in [0.29, 0.717) is 22.3 Å². The summed E-state index contributed by atoms with van der Waals surface area (Å²) in [6.45, 7) is 25.2. The number of aromatic nitrogens is 11. The Hall–Kier alpha value is -13.7. The van der Waals surface area contributed by atoms with Crippen LogP contribution in [-0.2, 0) is 0 Å². The number of carbonyl (C=O) groups is 6. The number of benzene rings is 10. The molecule has 0 atom stereocenters. The quantitative estimate of drug-likeness (QED) is 0.0288. The van der Waals surface area contributed by atoms with Crippen LogP contribution < -0.4 is 5.56 Å². The predicted molar refractivity (Wildman–Crippen MR) is 451 cm³/mol. The molecule has 110 heavy (non-hydrogen) atoms. The highest BCUT2D eigenvalue weighted by atomic mass is 16.2. The molecule has 6 N–H and O–H groups in total. The Morgan fingerprint density at radius 2 is 0.700 bits per heavy atom. The molecule has 0 bridgehead atoms. The average molecular weight is 1470 g/mol. The van der Waals surface area contributed by atoms with E-state index in [1.54, 1.807) is 105 Å². The predicted octanol–water partition coefficient (Wildman–Crippen LogP) is 22.2. The van der Waals surface area contributed by atoms with Crippen molar-refractivity contribution < 1.29 is 28.8 Å². The fourth-order valence-corrected chi connectivity index (χ4v) is 10.1. The molecule has 0 unspecified atom stereocenters. The number of ketones is 5. The van der Waals surface area contributed by atoms with Crippen molar-refractivity contribution in [3.63, 3.8) is 0 Å². The van der Waals surface area contributed by atoms with Gasteiger partial charge in [0.25, 0.3) is 0 Å². The topological polar surface area (TPSA) is 279 Å². The van der Waals surface area contributed by atoms with Crippen molar-refractivity contribution in [1.29, 1.82) is 0 Å². The molecule has 0 amide bonds. The number of rotatable bonds is 12. The van der Waals surface area contributed by atoms with Crippen molar-refractivity contribution in [2.45, 2.75) is 96.4 Å². The fourth-order valence-electron chi connectivity index (χ4n) is 10.1. The zero-order chi connectivity index (χ0) is 80.0. The summed E-state index contributed by atoms with van der Waals surface area (Å²) >= 11 is 0. The zero-order valence-electron chi connectivity index (χ0n) is 64.7. The molecule has 10 aromatic carbocycles. The molecule has 0 aliphatic rings. The van der Waals surface area contributed by atoms with Gasteiger partial charge in [-0.15, -0.1) is 0 Å². The standard InChI is InChI=1S/C18H13N3O.C16H12N2O2.C16H12N2O.C8H6N2O.C8H8N2.2C8H8O.5C2H6/c22-18-10-14(9-17(20-18)12-4-2-1-3-5-12)13-6-7-16-15(8-13)11-19-21-16;19-15(11-4-2-1-3-5-11)9-16(20)12-6-7-14-13(8-12)10-17-18-14;19-16(13-4-2-1-3-5-13)9-7-12-6-8-15-14(10-12)11-17-18-15;11-5-6-1-2-8-7(3-6)4-9-10-8;1-6-2-3-8-7(4-6)5-9-10-8;2*1-7(9)8-5-3-2-4-6-8;5*1-2/h1-11H,(H,19,21)(H,20,22);1-8,10H,9H2,(H,17,18);1-11H,(H,17,18);1-5H,(H,9,10);2-5H,1H3,(H,9,10);2*2-6H,1H3;5*1-2H3/b;;9-7+;;;;;;;;;. The number of H-pyrrole nitrogens is 6. The fraction of sp³-hybridized carbons (Fsp3) is 0.152. The van der Waals surface area contributed by atoms with E-state index in [-0.39, 0.29) is 40.9 Å². The maximum Gasteiger partial charge on any atom is 0.249 e. The van der Waals surface area contributed by atoms with Crippen molar-refractivity contribution in [1.82, 2.24) is 56.0 Å². The van der Waals surface area contributed by atoms with Crippen LogP contribution in [0.25, 0.3) is 83.0 Å². The van der Waals surface area contributed by atoms with Gasteiger partial charge in [-0.2, -0.15) is 25.5 Å². The van der Waals surface area contributed by atoms with Crippen LogP contribution in [0.3, 0.4) is 0 Å². The summed E-state index contributed by atoms with van der Waals surface area (Å²) in [7, 11) is 0. The minimum Gasteiger partial charge on any atom is -0.322 e. The number of carbonyl (C=O) groups excluding carboxylic acids is 6. The Labute approximate surface area is 642 Å². The highest BCUT2D eigenvalue weighted by Gasteiger charge is 2.15. The summed E-state index contributed by atoms with van der Waals surface area (Å²) in [5.41, 5.74) is 14.8. The summed E-state index contributed by atoms with van der Waals surface area (Å²) in [6, 6.07) is 78.7. The van der Waals surface area contributed by atoms with Crippen LogP contribution in [0.5, 0.6) is 0 Å². The Morgan fingerprint density at radius 1 is 0.336 bits per heavy atom. The molecule has 0 aliphatic carbocycles. The third-order valence-corrected chi connectivity index (χ3v) is 15.4. The van der Waals surface area contributed by atoms with Crippen LogP contribution in [0.15, 0.2) is 297 Å². The lowest BCUT2D eigenvalue weighted by Crippen LogP contribution is -2.08. The number of Topliss-reactive ketones (excluding diaryl/α,β-unsaturated/α-hetero) is 4. The minimum atomic E-state index is -0.179.